The third-order valence-corrected chi connectivity index (χ3v) is 3.62. The minimum absolute atomic E-state index is 0.349. The number of pyridine rings is 1. The number of ether oxygens (including phenoxy) is 2. The van der Waals surface area contributed by atoms with Gasteiger partial charge in [0, 0.05) is 28.6 Å². The third-order valence-electron chi connectivity index (χ3n) is 2.64. The first-order valence-corrected chi connectivity index (χ1v) is 6.87. The molecule has 0 bridgehead atoms. The molecule has 2 N–H and O–H groups in total. The molecule has 4 nitrogen and oxygen atoms in total. The number of rotatable bonds is 5. The molecular formula is C14H15FN2O2S. The lowest BCUT2D eigenvalue weighted by Gasteiger charge is -2.11. The number of nitrogens with two attached hydrogens (primary N) is 1. The van der Waals surface area contributed by atoms with Crippen LogP contribution < -0.4 is 15.2 Å². The summed E-state index contributed by atoms with van der Waals surface area (Å²) in [6.45, 7) is 0. The van der Waals surface area contributed by atoms with Gasteiger partial charge in [0.05, 0.1) is 19.9 Å². The smallest absolute Gasteiger partial charge is 0.183 e. The van der Waals surface area contributed by atoms with Gasteiger partial charge in [-0.05, 0) is 18.2 Å². The summed E-state index contributed by atoms with van der Waals surface area (Å²) in [6, 6.07) is 6.18. The third kappa shape index (κ3) is 3.33. The van der Waals surface area contributed by atoms with Crippen LogP contribution in [0.25, 0.3) is 0 Å². The molecule has 0 amide bonds. The fourth-order valence-electron chi connectivity index (χ4n) is 1.77. The van der Waals surface area contributed by atoms with Gasteiger partial charge in [-0.25, -0.2) is 4.39 Å². The van der Waals surface area contributed by atoms with Crippen LogP contribution in [-0.4, -0.2) is 19.2 Å². The molecule has 0 atom stereocenters. The maximum Gasteiger partial charge on any atom is 0.183 e. The number of benzene rings is 1. The summed E-state index contributed by atoms with van der Waals surface area (Å²) in [5, 5.41) is 0. The predicted octanol–water partition coefficient (Wildman–Crippen LogP) is 3.11. The summed E-state index contributed by atoms with van der Waals surface area (Å²) in [4.78, 5) is 5.01. The second-order valence-electron chi connectivity index (χ2n) is 4.00. The number of hydrogen-bond donors (Lipinski definition) is 1. The van der Waals surface area contributed by atoms with Crippen LogP contribution in [0.2, 0.25) is 0 Å². The van der Waals surface area contributed by atoms with Gasteiger partial charge in [0.1, 0.15) is 5.82 Å². The van der Waals surface area contributed by atoms with Gasteiger partial charge in [-0.2, -0.15) is 0 Å². The van der Waals surface area contributed by atoms with Crippen LogP contribution in [0.1, 0.15) is 5.69 Å². The van der Waals surface area contributed by atoms with Crippen LogP contribution >= 0.6 is 11.8 Å². The van der Waals surface area contributed by atoms with E-state index >= 15 is 0 Å². The van der Waals surface area contributed by atoms with Crippen molar-refractivity contribution in [2.24, 2.45) is 0 Å². The van der Waals surface area contributed by atoms with Gasteiger partial charge >= 0.3 is 0 Å². The molecule has 0 saturated carbocycles. The molecule has 0 aliphatic carbocycles. The molecule has 1 heterocycles. The Morgan fingerprint density at radius 2 is 2.05 bits per heavy atom. The average molecular weight is 294 g/mol. The first-order chi connectivity index (χ1) is 9.63. The fourth-order valence-corrected chi connectivity index (χ4v) is 2.70. The quantitative estimate of drug-likeness (QED) is 0.678. The van der Waals surface area contributed by atoms with Crippen LogP contribution in [0.5, 0.6) is 11.5 Å². The Morgan fingerprint density at radius 3 is 2.70 bits per heavy atom. The van der Waals surface area contributed by atoms with Crippen molar-refractivity contribution in [3.05, 3.63) is 42.0 Å². The fraction of sp³-hybridized carbons (Fsp3) is 0.214. The summed E-state index contributed by atoms with van der Waals surface area (Å²) < 4.78 is 23.8. The summed E-state index contributed by atoms with van der Waals surface area (Å²) in [5.41, 5.74) is 6.75. The monoisotopic (exact) mass is 294 g/mol. The van der Waals surface area contributed by atoms with E-state index in [4.69, 9.17) is 15.2 Å². The number of anilines is 1. The molecule has 0 aliphatic heterocycles. The van der Waals surface area contributed by atoms with Gasteiger partial charge in [0.25, 0.3) is 0 Å². The number of aromatic nitrogens is 1. The molecule has 0 spiro atoms. The summed E-state index contributed by atoms with van der Waals surface area (Å²) in [7, 11) is 3.13. The summed E-state index contributed by atoms with van der Waals surface area (Å²) >= 11 is 1.43. The molecular weight excluding hydrogens is 279 g/mol. The van der Waals surface area contributed by atoms with Crippen molar-refractivity contribution in [3.63, 3.8) is 0 Å². The highest BCUT2D eigenvalue weighted by Crippen LogP contribution is 2.33. The minimum Gasteiger partial charge on any atom is -0.493 e. The van der Waals surface area contributed by atoms with Gasteiger partial charge in [-0.15, -0.1) is 11.8 Å². The van der Waals surface area contributed by atoms with Crippen LogP contribution in [0, 0.1) is 5.82 Å². The topological polar surface area (TPSA) is 57.4 Å². The normalized spacial score (nSPS) is 10.3. The van der Waals surface area contributed by atoms with Gasteiger partial charge in [-0.1, -0.05) is 0 Å². The van der Waals surface area contributed by atoms with Gasteiger partial charge in [0.2, 0.25) is 0 Å². The standard InChI is InChI=1S/C14H15FN2O2S/c1-18-13-3-4-17-12(14(13)19-2)8-20-11-6-9(15)5-10(16)7-11/h3-7H,8,16H2,1-2H3. The van der Waals surface area contributed by atoms with Crippen LogP contribution in [0.15, 0.2) is 35.4 Å². The molecule has 6 heteroatoms. The highest BCUT2D eigenvalue weighted by molar-refractivity contribution is 7.98. The summed E-state index contributed by atoms with van der Waals surface area (Å²) in [6.07, 6.45) is 1.65. The molecule has 106 valence electrons. The van der Waals surface area contributed by atoms with Crippen LogP contribution in [0.3, 0.4) is 0 Å². The lowest BCUT2D eigenvalue weighted by Crippen LogP contribution is -1.97. The number of thioether (sulfide) groups is 1. The van der Waals surface area contributed by atoms with Crippen LogP contribution in [0.4, 0.5) is 10.1 Å². The molecule has 0 saturated heterocycles. The van der Waals surface area contributed by atoms with E-state index in [1.54, 1.807) is 32.5 Å². The molecule has 2 aromatic rings. The number of hydrogen-bond acceptors (Lipinski definition) is 5. The zero-order valence-corrected chi connectivity index (χ0v) is 12.0. The van der Waals surface area contributed by atoms with E-state index in [-0.39, 0.29) is 5.82 Å². The van der Waals surface area contributed by atoms with E-state index < -0.39 is 0 Å². The van der Waals surface area contributed by atoms with Crippen LogP contribution in [-0.2, 0) is 5.75 Å². The van der Waals surface area contributed by atoms with Crippen molar-refractivity contribution in [2.45, 2.75) is 10.6 Å². The number of halogens is 1. The largest absolute Gasteiger partial charge is 0.493 e. The maximum atomic E-state index is 13.3. The van der Waals surface area contributed by atoms with E-state index in [1.807, 2.05) is 0 Å². The Labute approximate surface area is 121 Å². The second kappa shape index (κ2) is 6.47. The van der Waals surface area contributed by atoms with E-state index in [1.165, 1.54) is 23.9 Å². The first kappa shape index (κ1) is 14.5. The van der Waals surface area contributed by atoms with E-state index in [2.05, 4.69) is 4.98 Å². The lowest BCUT2D eigenvalue weighted by atomic mass is 10.3. The van der Waals surface area contributed by atoms with Gasteiger partial charge in [-0.3, -0.25) is 4.98 Å². The van der Waals surface area contributed by atoms with Crippen molar-refractivity contribution in [1.82, 2.24) is 4.98 Å². The molecule has 1 aromatic carbocycles. The highest BCUT2D eigenvalue weighted by atomic mass is 32.2. The Kier molecular flexibility index (Phi) is 4.68. The molecule has 2 rings (SSSR count). The molecule has 0 radical (unpaired) electrons. The SMILES string of the molecule is COc1ccnc(CSc2cc(N)cc(F)c2)c1OC. The Hall–Kier alpha value is -1.95. The Bertz CT molecular complexity index is 587. The van der Waals surface area contributed by atoms with E-state index in [9.17, 15) is 4.39 Å². The van der Waals surface area contributed by atoms with Crippen molar-refractivity contribution in [2.75, 3.05) is 20.0 Å². The number of methoxy groups -OCH3 is 2. The van der Waals surface area contributed by atoms with E-state index in [0.717, 1.165) is 10.6 Å². The van der Waals surface area contributed by atoms with Gasteiger partial charge < -0.3 is 15.2 Å². The van der Waals surface area contributed by atoms with Crippen molar-refractivity contribution < 1.29 is 13.9 Å². The number of nitrogen functional groups attached to an aromatic ring is 1. The molecule has 0 fully saturated rings. The molecule has 1 aromatic heterocycles. The van der Waals surface area contributed by atoms with Crippen molar-refractivity contribution >= 4 is 17.4 Å². The predicted molar refractivity (Wildman–Crippen MR) is 77.7 cm³/mol. The number of nitrogens with zero attached hydrogens (tertiary/aromatic N) is 1. The second-order valence-corrected chi connectivity index (χ2v) is 5.05. The first-order valence-electron chi connectivity index (χ1n) is 5.88. The molecule has 0 aliphatic rings. The average Bonchev–Trinajstić information content (AvgIpc) is 2.43. The highest BCUT2D eigenvalue weighted by Gasteiger charge is 2.11. The zero-order valence-electron chi connectivity index (χ0n) is 11.2. The maximum absolute atomic E-state index is 13.3. The van der Waals surface area contributed by atoms with Gasteiger partial charge in [0.15, 0.2) is 11.5 Å². The lowest BCUT2D eigenvalue weighted by molar-refractivity contribution is 0.350. The molecule has 20 heavy (non-hydrogen) atoms. The van der Waals surface area contributed by atoms with Crippen molar-refractivity contribution in [3.8, 4) is 11.5 Å². The zero-order chi connectivity index (χ0) is 14.5. The Morgan fingerprint density at radius 1 is 1.25 bits per heavy atom. The summed E-state index contributed by atoms with van der Waals surface area (Å²) in [5.74, 6) is 1.39. The minimum atomic E-state index is -0.349. The van der Waals surface area contributed by atoms with Crippen molar-refractivity contribution in [1.29, 1.82) is 0 Å². The van der Waals surface area contributed by atoms with E-state index in [0.29, 0.717) is 22.9 Å². The molecule has 0 unspecified atom stereocenters. The Balaban J connectivity index is 2.18.